The summed E-state index contributed by atoms with van der Waals surface area (Å²) in [5.74, 6) is 0.649. The van der Waals surface area contributed by atoms with Gasteiger partial charge in [0.15, 0.2) is 0 Å². The third kappa shape index (κ3) is 5.39. The maximum atomic E-state index is 12.9. The van der Waals surface area contributed by atoms with Crippen LogP contribution in [0.25, 0.3) is 0 Å². The summed E-state index contributed by atoms with van der Waals surface area (Å²) in [7, 11) is 1.87. The Hall–Kier alpha value is -2.33. The highest BCUT2D eigenvalue weighted by Crippen LogP contribution is 2.23. The molecule has 0 spiro atoms. The smallest absolute Gasteiger partial charge is 0.253 e. The average Bonchev–Trinajstić information content (AvgIpc) is 2.73. The first kappa shape index (κ1) is 21.4. The molecule has 5 heteroatoms. The topological polar surface area (TPSA) is 40.6 Å². The molecule has 2 aromatic carbocycles. The Morgan fingerprint density at radius 1 is 1.03 bits per heavy atom. The number of hydrogen-bond acceptors (Lipinski definition) is 2. The molecule has 0 atom stereocenters. The lowest BCUT2D eigenvalue weighted by atomic mass is 9.94. The fraction of sp³-hybridized carbons (Fsp3) is 0.417. The number of amides is 2. The fourth-order valence-corrected chi connectivity index (χ4v) is 3.90. The minimum Gasteiger partial charge on any atom is -0.341 e. The number of carbonyl (C=O) groups excluding carboxylic acids is 2. The molecule has 0 bridgehead atoms. The Labute approximate surface area is 178 Å². The molecule has 0 radical (unpaired) electrons. The van der Waals surface area contributed by atoms with Gasteiger partial charge in [0, 0.05) is 43.2 Å². The Balaban J connectivity index is 1.52. The van der Waals surface area contributed by atoms with Crippen molar-refractivity contribution < 1.29 is 9.59 Å². The van der Waals surface area contributed by atoms with E-state index in [9.17, 15) is 9.59 Å². The van der Waals surface area contributed by atoms with Gasteiger partial charge >= 0.3 is 0 Å². The van der Waals surface area contributed by atoms with Crippen LogP contribution in [-0.2, 0) is 11.3 Å². The van der Waals surface area contributed by atoms with E-state index in [2.05, 4.69) is 38.1 Å². The van der Waals surface area contributed by atoms with Gasteiger partial charge in [0.05, 0.1) is 0 Å². The first-order chi connectivity index (χ1) is 13.8. The molecule has 0 aromatic heterocycles. The van der Waals surface area contributed by atoms with Crippen molar-refractivity contribution in [3.05, 3.63) is 70.2 Å². The molecule has 2 aromatic rings. The molecular weight excluding hydrogens is 384 g/mol. The molecule has 0 unspecified atom stereocenters. The van der Waals surface area contributed by atoms with E-state index < -0.39 is 0 Å². The van der Waals surface area contributed by atoms with E-state index >= 15 is 0 Å². The zero-order chi connectivity index (χ0) is 21.0. The number of piperidine rings is 1. The zero-order valence-electron chi connectivity index (χ0n) is 17.4. The van der Waals surface area contributed by atoms with Crippen molar-refractivity contribution in [1.29, 1.82) is 0 Å². The average molecular weight is 413 g/mol. The summed E-state index contributed by atoms with van der Waals surface area (Å²) in [4.78, 5) is 29.1. The van der Waals surface area contributed by atoms with Gasteiger partial charge in [-0.25, -0.2) is 0 Å². The number of hydrogen-bond donors (Lipinski definition) is 0. The summed E-state index contributed by atoms with van der Waals surface area (Å²) in [6, 6.07) is 15.4. The highest BCUT2D eigenvalue weighted by Gasteiger charge is 2.29. The Kier molecular flexibility index (Phi) is 6.96. The van der Waals surface area contributed by atoms with Crippen LogP contribution in [0, 0.1) is 5.92 Å². The van der Waals surface area contributed by atoms with E-state index in [0.717, 1.165) is 5.56 Å². The molecule has 1 saturated heterocycles. The van der Waals surface area contributed by atoms with Crippen molar-refractivity contribution in [2.75, 3.05) is 20.1 Å². The van der Waals surface area contributed by atoms with E-state index in [1.807, 2.05) is 16.8 Å². The third-order valence-corrected chi connectivity index (χ3v) is 5.92. The molecule has 1 aliphatic heterocycles. The van der Waals surface area contributed by atoms with E-state index in [1.165, 1.54) is 5.56 Å². The molecule has 2 amide bonds. The number of likely N-dealkylation sites (tertiary alicyclic amines) is 1. The lowest BCUT2D eigenvalue weighted by molar-refractivity contribution is -0.136. The van der Waals surface area contributed by atoms with E-state index in [1.54, 1.807) is 24.3 Å². The molecule has 1 aliphatic rings. The van der Waals surface area contributed by atoms with Gasteiger partial charge in [-0.3, -0.25) is 9.59 Å². The first-order valence-electron chi connectivity index (χ1n) is 10.2. The molecule has 0 saturated carbocycles. The van der Waals surface area contributed by atoms with Crippen LogP contribution in [0.3, 0.4) is 0 Å². The van der Waals surface area contributed by atoms with Crippen LogP contribution in [-0.4, -0.2) is 41.8 Å². The lowest BCUT2D eigenvalue weighted by Crippen LogP contribution is -2.43. The second kappa shape index (κ2) is 9.45. The molecule has 3 rings (SSSR count). The fourth-order valence-electron chi connectivity index (χ4n) is 3.78. The molecule has 1 heterocycles. The standard InChI is InChI=1S/C24H29ClN2O2/c1-17(2)19-6-4-18(5-7-19)16-26(3)23(28)21-12-14-27(15-13-21)24(29)20-8-10-22(25)11-9-20/h4-11,17,21H,12-16H2,1-3H3. The highest BCUT2D eigenvalue weighted by molar-refractivity contribution is 6.30. The van der Waals surface area contributed by atoms with Crippen LogP contribution in [0.4, 0.5) is 0 Å². The van der Waals surface area contributed by atoms with Crippen LogP contribution in [0.5, 0.6) is 0 Å². The minimum atomic E-state index is -0.0239. The molecule has 4 nitrogen and oxygen atoms in total. The van der Waals surface area contributed by atoms with E-state index in [-0.39, 0.29) is 17.7 Å². The van der Waals surface area contributed by atoms with Gasteiger partial charge in [-0.2, -0.15) is 0 Å². The monoisotopic (exact) mass is 412 g/mol. The van der Waals surface area contributed by atoms with Crippen molar-refractivity contribution in [1.82, 2.24) is 9.80 Å². The maximum Gasteiger partial charge on any atom is 0.253 e. The SMILES string of the molecule is CC(C)c1ccc(CN(C)C(=O)C2CCN(C(=O)c3ccc(Cl)cc3)CC2)cc1. The number of rotatable bonds is 5. The van der Waals surface area contributed by atoms with Gasteiger partial charge in [0.1, 0.15) is 0 Å². The van der Waals surface area contributed by atoms with Crippen LogP contribution in [0.2, 0.25) is 5.02 Å². The maximum absolute atomic E-state index is 12.9. The molecule has 0 aliphatic carbocycles. The number of halogens is 1. The summed E-state index contributed by atoms with van der Waals surface area (Å²) < 4.78 is 0. The summed E-state index contributed by atoms with van der Waals surface area (Å²) in [6.45, 7) is 6.17. The number of nitrogens with zero attached hydrogens (tertiary/aromatic N) is 2. The Bertz CT molecular complexity index is 838. The summed E-state index contributed by atoms with van der Waals surface area (Å²) in [5.41, 5.74) is 3.09. The number of carbonyl (C=O) groups is 2. The minimum absolute atomic E-state index is 0.00571. The number of benzene rings is 2. The van der Waals surface area contributed by atoms with E-state index in [4.69, 9.17) is 11.6 Å². The summed E-state index contributed by atoms with van der Waals surface area (Å²) in [5, 5.41) is 0.618. The van der Waals surface area contributed by atoms with Crippen molar-refractivity contribution >= 4 is 23.4 Å². The van der Waals surface area contributed by atoms with Crippen molar-refractivity contribution in [2.45, 2.75) is 39.2 Å². The summed E-state index contributed by atoms with van der Waals surface area (Å²) in [6.07, 6.45) is 1.41. The van der Waals surface area contributed by atoms with Crippen molar-refractivity contribution in [2.24, 2.45) is 5.92 Å². The second-order valence-electron chi connectivity index (χ2n) is 8.16. The molecular formula is C24H29ClN2O2. The predicted octanol–water partition coefficient (Wildman–Crippen LogP) is 4.97. The van der Waals surface area contributed by atoms with E-state index in [0.29, 0.717) is 49.0 Å². The molecule has 154 valence electrons. The van der Waals surface area contributed by atoms with Gasteiger partial charge in [-0.1, -0.05) is 49.7 Å². The zero-order valence-corrected chi connectivity index (χ0v) is 18.2. The van der Waals surface area contributed by atoms with Gasteiger partial charge in [-0.05, 0) is 54.2 Å². The lowest BCUT2D eigenvalue weighted by Gasteiger charge is -2.33. The summed E-state index contributed by atoms with van der Waals surface area (Å²) >= 11 is 5.90. The normalized spacial score (nSPS) is 14.9. The van der Waals surface area contributed by atoms with Gasteiger partial charge in [0.2, 0.25) is 5.91 Å². The van der Waals surface area contributed by atoms with Gasteiger partial charge < -0.3 is 9.80 Å². The van der Waals surface area contributed by atoms with Crippen LogP contribution in [0.1, 0.15) is 54.1 Å². The Morgan fingerprint density at radius 2 is 1.62 bits per heavy atom. The second-order valence-corrected chi connectivity index (χ2v) is 8.60. The van der Waals surface area contributed by atoms with Crippen LogP contribution < -0.4 is 0 Å². The third-order valence-electron chi connectivity index (χ3n) is 5.66. The molecule has 1 fully saturated rings. The molecule has 29 heavy (non-hydrogen) atoms. The van der Waals surface area contributed by atoms with Crippen LogP contribution in [0.15, 0.2) is 48.5 Å². The van der Waals surface area contributed by atoms with Crippen molar-refractivity contribution in [3.63, 3.8) is 0 Å². The largest absolute Gasteiger partial charge is 0.341 e. The van der Waals surface area contributed by atoms with Gasteiger partial charge in [0.25, 0.3) is 5.91 Å². The first-order valence-corrected chi connectivity index (χ1v) is 10.6. The quantitative estimate of drug-likeness (QED) is 0.695. The van der Waals surface area contributed by atoms with Crippen molar-refractivity contribution in [3.8, 4) is 0 Å². The predicted molar refractivity (Wildman–Crippen MR) is 117 cm³/mol. The highest BCUT2D eigenvalue weighted by atomic mass is 35.5. The van der Waals surface area contributed by atoms with Gasteiger partial charge in [-0.15, -0.1) is 0 Å². The van der Waals surface area contributed by atoms with Crippen LogP contribution >= 0.6 is 11.6 Å². The Morgan fingerprint density at radius 3 is 2.17 bits per heavy atom. The molecule has 0 N–H and O–H groups in total.